The Morgan fingerprint density at radius 1 is 1.00 bits per heavy atom. The Kier molecular flexibility index (Phi) is 4.96. The molecule has 9 heteroatoms. The van der Waals surface area contributed by atoms with Gasteiger partial charge < -0.3 is 14.2 Å². The first-order valence-electron chi connectivity index (χ1n) is 9.00. The molecule has 0 aliphatic carbocycles. The van der Waals surface area contributed by atoms with Crippen LogP contribution in [0.1, 0.15) is 15.9 Å². The van der Waals surface area contributed by atoms with Crippen LogP contribution in [0.5, 0.6) is 0 Å². The second kappa shape index (κ2) is 7.57. The van der Waals surface area contributed by atoms with Crippen LogP contribution in [0.3, 0.4) is 0 Å². The van der Waals surface area contributed by atoms with Gasteiger partial charge in [-0.2, -0.15) is 13.2 Å². The van der Waals surface area contributed by atoms with Crippen LogP contribution in [0.4, 0.5) is 18.9 Å². The fraction of sp³-hybridized carbons (Fsp3) is 0.250. The van der Waals surface area contributed by atoms with Crippen molar-refractivity contribution in [1.82, 2.24) is 15.1 Å². The minimum absolute atomic E-state index is 0.120. The van der Waals surface area contributed by atoms with E-state index in [-0.39, 0.29) is 5.91 Å². The van der Waals surface area contributed by atoms with Crippen LogP contribution in [-0.4, -0.2) is 47.2 Å². The van der Waals surface area contributed by atoms with Crippen molar-refractivity contribution in [2.24, 2.45) is 0 Å². The zero-order chi connectivity index (χ0) is 20.4. The SMILES string of the molecule is O=C(c1ccc(-c2nnco2)cc1)N1CCN(c2cccc(C(F)(F)F)c2)CC1. The van der Waals surface area contributed by atoms with Crippen molar-refractivity contribution < 1.29 is 22.4 Å². The molecule has 1 aromatic heterocycles. The van der Waals surface area contributed by atoms with E-state index in [2.05, 4.69) is 10.2 Å². The van der Waals surface area contributed by atoms with Gasteiger partial charge in [0.15, 0.2) is 0 Å². The summed E-state index contributed by atoms with van der Waals surface area (Å²) in [5.74, 6) is 0.254. The molecule has 6 nitrogen and oxygen atoms in total. The molecule has 3 aromatic rings. The summed E-state index contributed by atoms with van der Waals surface area (Å²) >= 11 is 0. The summed E-state index contributed by atoms with van der Waals surface area (Å²) in [5, 5.41) is 7.44. The van der Waals surface area contributed by atoms with E-state index in [1.165, 1.54) is 12.5 Å². The van der Waals surface area contributed by atoms with Crippen LogP contribution in [0, 0.1) is 0 Å². The lowest BCUT2D eigenvalue weighted by atomic mass is 10.1. The van der Waals surface area contributed by atoms with Gasteiger partial charge in [0.1, 0.15) is 0 Å². The quantitative estimate of drug-likeness (QED) is 0.668. The van der Waals surface area contributed by atoms with E-state index in [1.807, 2.05) is 4.90 Å². The first-order chi connectivity index (χ1) is 13.9. The van der Waals surface area contributed by atoms with E-state index >= 15 is 0 Å². The van der Waals surface area contributed by atoms with E-state index in [9.17, 15) is 18.0 Å². The average Bonchev–Trinajstić information content (AvgIpc) is 3.28. The van der Waals surface area contributed by atoms with Crippen LogP contribution in [0.25, 0.3) is 11.5 Å². The molecule has 1 aliphatic rings. The van der Waals surface area contributed by atoms with Gasteiger partial charge >= 0.3 is 6.18 Å². The molecule has 150 valence electrons. The van der Waals surface area contributed by atoms with E-state index < -0.39 is 11.7 Å². The molecule has 1 saturated heterocycles. The van der Waals surface area contributed by atoms with Crippen molar-refractivity contribution in [3.8, 4) is 11.5 Å². The summed E-state index contributed by atoms with van der Waals surface area (Å²) in [6, 6.07) is 12.1. The topological polar surface area (TPSA) is 62.5 Å². The monoisotopic (exact) mass is 402 g/mol. The molecule has 4 rings (SSSR count). The third-order valence-electron chi connectivity index (χ3n) is 4.84. The molecule has 0 saturated carbocycles. The second-order valence-electron chi connectivity index (χ2n) is 6.65. The summed E-state index contributed by atoms with van der Waals surface area (Å²) in [7, 11) is 0. The van der Waals surface area contributed by atoms with E-state index in [1.54, 1.807) is 35.2 Å². The molecular formula is C20H17F3N4O2. The fourth-order valence-corrected chi connectivity index (χ4v) is 3.28. The fourth-order valence-electron chi connectivity index (χ4n) is 3.28. The van der Waals surface area contributed by atoms with Crippen LogP contribution < -0.4 is 4.90 Å². The Labute approximate surface area is 164 Å². The van der Waals surface area contributed by atoms with Gasteiger partial charge in [0, 0.05) is 43.0 Å². The maximum absolute atomic E-state index is 12.9. The maximum Gasteiger partial charge on any atom is 0.416 e. The molecule has 29 heavy (non-hydrogen) atoms. The zero-order valence-corrected chi connectivity index (χ0v) is 15.3. The number of aromatic nitrogens is 2. The number of anilines is 1. The summed E-state index contributed by atoms with van der Waals surface area (Å²) in [6.45, 7) is 1.79. The number of carbonyl (C=O) groups excluding carboxylic acids is 1. The third-order valence-corrected chi connectivity index (χ3v) is 4.84. The minimum atomic E-state index is -4.37. The van der Waals surface area contributed by atoms with Crippen molar-refractivity contribution >= 4 is 11.6 Å². The Morgan fingerprint density at radius 3 is 2.34 bits per heavy atom. The summed E-state index contributed by atoms with van der Waals surface area (Å²) < 4.78 is 43.9. The van der Waals surface area contributed by atoms with Crippen LogP contribution in [0.2, 0.25) is 0 Å². The zero-order valence-electron chi connectivity index (χ0n) is 15.3. The third kappa shape index (κ3) is 4.08. The Bertz CT molecular complexity index is 980. The highest BCUT2D eigenvalue weighted by Crippen LogP contribution is 2.32. The molecule has 0 bridgehead atoms. The molecule has 0 unspecified atom stereocenters. The van der Waals surface area contributed by atoms with Crippen molar-refractivity contribution in [3.05, 3.63) is 66.1 Å². The molecule has 0 spiro atoms. The highest BCUT2D eigenvalue weighted by molar-refractivity contribution is 5.94. The molecule has 0 radical (unpaired) electrons. The van der Waals surface area contributed by atoms with Crippen LogP contribution in [-0.2, 0) is 6.18 Å². The van der Waals surface area contributed by atoms with Crippen molar-refractivity contribution in [2.45, 2.75) is 6.18 Å². The Balaban J connectivity index is 1.40. The summed E-state index contributed by atoms with van der Waals surface area (Å²) in [6.07, 6.45) is -3.14. The lowest BCUT2D eigenvalue weighted by Crippen LogP contribution is -2.48. The molecular weight excluding hydrogens is 385 g/mol. The van der Waals surface area contributed by atoms with Crippen molar-refractivity contribution in [3.63, 3.8) is 0 Å². The van der Waals surface area contributed by atoms with Gasteiger partial charge in [-0.15, -0.1) is 10.2 Å². The van der Waals surface area contributed by atoms with Gasteiger partial charge in [0.2, 0.25) is 12.3 Å². The predicted molar refractivity (Wildman–Crippen MR) is 99.3 cm³/mol. The Hall–Kier alpha value is -3.36. The highest BCUT2D eigenvalue weighted by Gasteiger charge is 2.31. The molecule has 2 aromatic carbocycles. The number of halogens is 3. The molecule has 0 atom stereocenters. The van der Waals surface area contributed by atoms with Gasteiger partial charge in [-0.25, -0.2) is 0 Å². The highest BCUT2D eigenvalue weighted by atomic mass is 19.4. The number of rotatable bonds is 3. The standard InChI is InChI=1S/C20H17F3N4O2/c21-20(22,23)16-2-1-3-17(12-16)26-8-10-27(11-9-26)19(28)15-6-4-14(5-7-15)18-25-24-13-29-18/h1-7,12-13H,8-11H2. The van der Waals surface area contributed by atoms with Crippen LogP contribution in [0.15, 0.2) is 59.3 Å². The minimum Gasteiger partial charge on any atom is -0.423 e. The normalized spacial score (nSPS) is 14.9. The number of hydrogen-bond acceptors (Lipinski definition) is 5. The first-order valence-corrected chi connectivity index (χ1v) is 9.00. The summed E-state index contributed by atoms with van der Waals surface area (Å²) in [5.41, 5.74) is 1.08. The molecule has 2 heterocycles. The van der Waals surface area contributed by atoms with Gasteiger partial charge in [-0.1, -0.05) is 6.07 Å². The number of piperazine rings is 1. The predicted octanol–water partition coefficient (Wildman–Crippen LogP) is 3.72. The van der Waals surface area contributed by atoms with Gasteiger partial charge in [-0.05, 0) is 42.5 Å². The van der Waals surface area contributed by atoms with Gasteiger partial charge in [0.05, 0.1) is 5.56 Å². The Morgan fingerprint density at radius 2 is 1.72 bits per heavy atom. The van der Waals surface area contributed by atoms with E-state index in [0.29, 0.717) is 48.9 Å². The number of alkyl halides is 3. The number of nitrogens with zero attached hydrogens (tertiary/aromatic N) is 4. The molecule has 1 amide bonds. The number of amides is 1. The number of benzene rings is 2. The smallest absolute Gasteiger partial charge is 0.416 e. The number of carbonyl (C=O) groups is 1. The molecule has 0 N–H and O–H groups in total. The number of hydrogen-bond donors (Lipinski definition) is 0. The van der Waals surface area contributed by atoms with Crippen LogP contribution >= 0.6 is 0 Å². The maximum atomic E-state index is 12.9. The summed E-state index contributed by atoms with van der Waals surface area (Å²) in [4.78, 5) is 16.3. The van der Waals surface area contributed by atoms with Gasteiger partial charge in [0.25, 0.3) is 5.91 Å². The average molecular weight is 402 g/mol. The first kappa shape index (κ1) is 19.0. The van der Waals surface area contributed by atoms with Crippen molar-refractivity contribution in [2.75, 3.05) is 31.1 Å². The molecule has 1 aliphatic heterocycles. The lowest BCUT2D eigenvalue weighted by molar-refractivity contribution is -0.137. The largest absolute Gasteiger partial charge is 0.423 e. The van der Waals surface area contributed by atoms with Gasteiger partial charge in [-0.3, -0.25) is 4.79 Å². The second-order valence-corrected chi connectivity index (χ2v) is 6.65. The molecule has 1 fully saturated rings. The lowest BCUT2D eigenvalue weighted by Gasteiger charge is -2.36. The van der Waals surface area contributed by atoms with E-state index in [0.717, 1.165) is 12.1 Å². The van der Waals surface area contributed by atoms with E-state index in [4.69, 9.17) is 4.42 Å². The van der Waals surface area contributed by atoms with Crippen molar-refractivity contribution in [1.29, 1.82) is 0 Å².